The molecule has 1 aliphatic heterocycles. The highest BCUT2D eigenvalue weighted by atomic mass is 32.2. The maximum Gasteiger partial charge on any atom is 0.0108 e. The second kappa shape index (κ2) is 9.50. The predicted octanol–water partition coefficient (Wildman–Crippen LogP) is 3.74. The first-order valence-electron chi connectivity index (χ1n) is 8.35. The third kappa shape index (κ3) is 6.86. The predicted molar refractivity (Wildman–Crippen MR) is 94.0 cm³/mol. The zero-order valence-electron chi connectivity index (χ0n) is 13.6. The van der Waals surface area contributed by atoms with Crippen LogP contribution in [0.3, 0.4) is 0 Å². The number of thioether (sulfide) groups is 1. The number of piperidine rings is 1. The second-order valence-electron chi connectivity index (χ2n) is 6.50. The topological polar surface area (TPSA) is 15.3 Å². The fraction of sp³-hybridized carbons (Fsp3) is 0.667. The van der Waals surface area contributed by atoms with Crippen molar-refractivity contribution in [2.45, 2.75) is 31.6 Å². The van der Waals surface area contributed by atoms with Crippen LogP contribution in [0.1, 0.15) is 26.7 Å². The Bertz CT molecular complexity index is 372. The first-order valence-corrected chi connectivity index (χ1v) is 9.33. The third-order valence-corrected chi connectivity index (χ3v) is 5.10. The number of hydrogen-bond donors (Lipinski definition) is 1. The molecule has 1 saturated heterocycles. The van der Waals surface area contributed by atoms with Gasteiger partial charge in [0.15, 0.2) is 0 Å². The van der Waals surface area contributed by atoms with Crippen molar-refractivity contribution in [2.75, 3.05) is 38.5 Å². The zero-order chi connectivity index (χ0) is 14.9. The molecule has 0 amide bonds. The molecular weight excluding hydrogens is 276 g/mol. The van der Waals surface area contributed by atoms with Crippen molar-refractivity contribution in [2.24, 2.45) is 11.8 Å². The van der Waals surface area contributed by atoms with Gasteiger partial charge in [-0.2, -0.15) is 0 Å². The second-order valence-corrected chi connectivity index (χ2v) is 7.67. The lowest BCUT2D eigenvalue weighted by Crippen LogP contribution is -2.38. The molecule has 118 valence electrons. The Morgan fingerprint density at radius 2 is 1.90 bits per heavy atom. The molecule has 0 atom stereocenters. The van der Waals surface area contributed by atoms with Crippen molar-refractivity contribution in [1.82, 2.24) is 10.2 Å². The van der Waals surface area contributed by atoms with E-state index < -0.39 is 0 Å². The van der Waals surface area contributed by atoms with Crippen LogP contribution in [-0.4, -0.2) is 43.4 Å². The summed E-state index contributed by atoms with van der Waals surface area (Å²) in [6.07, 6.45) is 2.72. The van der Waals surface area contributed by atoms with Gasteiger partial charge in [0.2, 0.25) is 0 Å². The number of hydrogen-bond acceptors (Lipinski definition) is 3. The standard InChI is InChI=1S/C18H30N2S/c1-16(2)14-19-15-17-8-10-20(11-9-17)12-13-21-18-6-4-3-5-7-18/h3-7,16-17,19H,8-15H2,1-2H3. The Morgan fingerprint density at radius 3 is 2.57 bits per heavy atom. The van der Waals surface area contributed by atoms with Crippen LogP contribution < -0.4 is 5.32 Å². The van der Waals surface area contributed by atoms with Crippen LogP contribution in [0.4, 0.5) is 0 Å². The van der Waals surface area contributed by atoms with E-state index in [4.69, 9.17) is 0 Å². The summed E-state index contributed by atoms with van der Waals surface area (Å²) in [6, 6.07) is 10.7. The van der Waals surface area contributed by atoms with Gasteiger partial charge in [0.25, 0.3) is 0 Å². The minimum Gasteiger partial charge on any atom is -0.316 e. The maximum atomic E-state index is 3.61. The van der Waals surface area contributed by atoms with E-state index in [0.717, 1.165) is 18.4 Å². The van der Waals surface area contributed by atoms with Crippen LogP contribution in [0, 0.1) is 11.8 Å². The molecule has 1 fully saturated rings. The Labute approximate surface area is 134 Å². The molecule has 0 radical (unpaired) electrons. The lowest BCUT2D eigenvalue weighted by Gasteiger charge is -2.32. The molecule has 3 heteroatoms. The van der Waals surface area contributed by atoms with Gasteiger partial charge in [-0.15, -0.1) is 11.8 Å². The quantitative estimate of drug-likeness (QED) is 0.737. The van der Waals surface area contributed by atoms with E-state index in [1.807, 2.05) is 11.8 Å². The number of likely N-dealkylation sites (tertiary alicyclic amines) is 1. The third-order valence-electron chi connectivity index (χ3n) is 4.11. The van der Waals surface area contributed by atoms with Crippen molar-refractivity contribution in [3.63, 3.8) is 0 Å². The summed E-state index contributed by atoms with van der Waals surface area (Å²) in [7, 11) is 0. The highest BCUT2D eigenvalue weighted by Gasteiger charge is 2.18. The Balaban J connectivity index is 1.55. The SMILES string of the molecule is CC(C)CNCC1CCN(CCSc2ccccc2)CC1. The summed E-state index contributed by atoms with van der Waals surface area (Å²) in [5, 5.41) is 3.61. The average Bonchev–Trinajstić information content (AvgIpc) is 2.50. The summed E-state index contributed by atoms with van der Waals surface area (Å²) in [5.41, 5.74) is 0. The molecule has 0 aromatic heterocycles. The van der Waals surface area contributed by atoms with E-state index in [2.05, 4.69) is 54.4 Å². The van der Waals surface area contributed by atoms with Crippen LogP contribution in [-0.2, 0) is 0 Å². The molecule has 2 nitrogen and oxygen atoms in total. The number of nitrogens with one attached hydrogen (secondary N) is 1. The molecule has 1 aromatic rings. The highest BCUT2D eigenvalue weighted by Crippen LogP contribution is 2.20. The van der Waals surface area contributed by atoms with Gasteiger partial charge < -0.3 is 10.2 Å². The van der Waals surface area contributed by atoms with Crippen LogP contribution in [0.2, 0.25) is 0 Å². The van der Waals surface area contributed by atoms with Crippen molar-refractivity contribution in [3.8, 4) is 0 Å². The smallest absolute Gasteiger partial charge is 0.0108 e. The molecule has 2 rings (SSSR count). The molecule has 0 saturated carbocycles. The fourth-order valence-corrected chi connectivity index (χ4v) is 3.73. The lowest BCUT2D eigenvalue weighted by molar-refractivity contribution is 0.191. The Kier molecular flexibility index (Phi) is 7.62. The van der Waals surface area contributed by atoms with Gasteiger partial charge in [0, 0.05) is 17.2 Å². The van der Waals surface area contributed by atoms with Gasteiger partial charge >= 0.3 is 0 Å². The van der Waals surface area contributed by atoms with E-state index in [0.29, 0.717) is 0 Å². The molecule has 0 unspecified atom stereocenters. The van der Waals surface area contributed by atoms with Gasteiger partial charge in [0.05, 0.1) is 0 Å². The lowest BCUT2D eigenvalue weighted by atomic mass is 9.96. The minimum atomic E-state index is 0.764. The van der Waals surface area contributed by atoms with Crippen molar-refractivity contribution in [3.05, 3.63) is 30.3 Å². The van der Waals surface area contributed by atoms with Crippen LogP contribution in [0.25, 0.3) is 0 Å². The van der Waals surface area contributed by atoms with Gasteiger partial charge in [-0.25, -0.2) is 0 Å². The normalized spacial score (nSPS) is 17.5. The van der Waals surface area contributed by atoms with E-state index >= 15 is 0 Å². The largest absolute Gasteiger partial charge is 0.316 e. The molecule has 1 N–H and O–H groups in total. The molecule has 1 heterocycles. The van der Waals surface area contributed by atoms with Gasteiger partial charge in [-0.3, -0.25) is 0 Å². The summed E-state index contributed by atoms with van der Waals surface area (Å²) in [5.74, 6) is 2.86. The molecule has 0 aliphatic carbocycles. The van der Waals surface area contributed by atoms with E-state index in [1.54, 1.807) is 0 Å². The van der Waals surface area contributed by atoms with Gasteiger partial charge in [-0.05, 0) is 63.0 Å². The summed E-state index contributed by atoms with van der Waals surface area (Å²) in [4.78, 5) is 4.03. The molecule has 0 bridgehead atoms. The molecular formula is C18H30N2S. The molecule has 0 spiro atoms. The maximum absolute atomic E-state index is 3.61. The highest BCUT2D eigenvalue weighted by molar-refractivity contribution is 7.99. The van der Waals surface area contributed by atoms with Gasteiger partial charge in [-0.1, -0.05) is 32.0 Å². The number of nitrogens with zero attached hydrogens (tertiary/aromatic N) is 1. The van der Waals surface area contributed by atoms with Crippen molar-refractivity contribution in [1.29, 1.82) is 0 Å². The monoisotopic (exact) mass is 306 g/mol. The van der Waals surface area contributed by atoms with Crippen molar-refractivity contribution >= 4 is 11.8 Å². The van der Waals surface area contributed by atoms with E-state index in [1.165, 1.54) is 49.7 Å². The average molecular weight is 307 g/mol. The Morgan fingerprint density at radius 1 is 1.19 bits per heavy atom. The first kappa shape index (κ1) is 16.9. The minimum absolute atomic E-state index is 0.764. The van der Waals surface area contributed by atoms with Gasteiger partial charge in [0.1, 0.15) is 0 Å². The Hall–Kier alpha value is -0.510. The van der Waals surface area contributed by atoms with Crippen LogP contribution in [0.15, 0.2) is 35.2 Å². The van der Waals surface area contributed by atoms with Crippen LogP contribution in [0.5, 0.6) is 0 Å². The summed E-state index contributed by atoms with van der Waals surface area (Å²) >= 11 is 1.98. The fourth-order valence-electron chi connectivity index (χ4n) is 2.80. The van der Waals surface area contributed by atoms with Crippen molar-refractivity contribution < 1.29 is 0 Å². The molecule has 1 aliphatic rings. The summed E-state index contributed by atoms with van der Waals surface area (Å²) in [6.45, 7) is 10.7. The molecule has 21 heavy (non-hydrogen) atoms. The zero-order valence-corrected chi connectivity index (χ0v) is 14.4. The van der Waals surface area contributed by atoms with E-state index in [9.17, 15) is 0 Å². The first-order chi connectivity index (χ1) is 10.2. The number of benzene rings is 1. The summed E-state index contributed by atoms with van der Waals surface area (Å²) < 4.78 is 0. The van der Waals surface area contributed by atoms with Crippen LogP contribution >= 0.6 is 11.8 Å². The molecule has 1 aromatic carbocycles. The van der Waals surface area contributed by atoms with E-state index in [-0.39, 0.29) is 0 Å². The number of rotatable bonds is 8.